The highest BCUT2D eigenvalue weighted by molar-refractivity contribution is 7.50. The largest absolute Gasteiger partial charge is 0.364 e. The van der Waals surface area contributed by atoms with Crippen molar-refractivity contribution in [2.24, 2.45) is 5.73 Å². The van der Waals surface area contributed by atoms with Gasteiger partial charge in [-0.15, -0.1) is 0 Å². The molecule has 0 fully saturated rings. The van der Waals surface area contributed by atoms with Crippen LogP contribution in [0.25, 0.3) is 5.78 Å². The van der Waals surface area contributed by atoms with Crippen LogP contribution in [0.3, 0.4) is 0 Å². The standard InChI is InChI=1S/C8H9N4O4P/c9-7(13)6-3-12-5(4-17(14,15)16)1-2-10-8(12)11-6/h1-3H,4H2,(H2,9,13)(H2,14,15,16). The highest BCUT2D eigenvalue weighted by atomic mass is 31.2. The zero-order valence-corrected chi connectivity index (χ0v) is 9.41. The minimum Gasteiger partial charge on any atom is -0.364 e. The monoisotopic (exact) mass is 256 g/mol. The number of hydrogen-bond acceptors (Lipinski definition) is 4. The molecule has 0 spiro atoms. The first-order chi connectivity index (χ1) is 7.87. The number of fused-ring (bicyclic) bond motifs is 1. The molecule has 1 amide bonds. The maximum atomic E-state index is 10.9. The number of nitrogens with zero attached hydrogens (tertiary/aromatic N) is 3. The Bertz CT molecular complexity index is 631. The predicted molar refractivity (Wildman–Crippen MR) is 57.3 cm³/mol. The summed E-state index contributed by atoms with van der Waals surface area (Å²) in [6.45, 7) is 0. The molecule has 90 valence electrons. The lowest BCUT2D eigenvalue weighted by Crippen LogP contribution is -2.10. The van der Waals surface area contributed by atoms with Crippen molar-refractivity contribution in [3.8, 4) is 0 Å². The Hall–Kier alpha value is -1.76. The Morgan fingerprint density at radius 2 is 2.24 bits per heavy atom. The van der Waals surface area contributed by atoms with E-state index in [1.807, 2.05) is 0 Å². The van der Waals surface area contributed by atoms with E-state index < -0.39 is 19.7 Å². The summed E-state index contributed by atoms with van der Waals surface area (Å²) in [6, 6.07) is 1.44. The van der Waals surface area contributed by atoms with Gasteiger partial charge in [0.25, 0.3) is 5.91 Å². The molecule has 0 bridgehead atoms. The van der Waals surface area contributed by atoms with Crippen molar-refractivity contribution in [2.45, 2.75) is 6.16 Å². The quantitative estimate of drug-likeness (QED) is 0.635. The van der Waals surface area contributed by atoms with Gasteiger partial charge in [-0.2, -0.15) is 0 Å². The van der Waals surface area contributed by atoms with E-state index in [2.05, 4.69) is 9.97 Å². The third-order valence-corrected chi connectivity index (χ3v) is 2.81. The van der Waals surface area contributed by atoms with Gasteiger partial charge in [-0.25, -0.2) is 9.97 Å². The summed E-state index contributed by atoms with van der Waals surface area (Å²) < 4.78 is 12.3. The van der Waals surface area contributed by atoms with Crippen molar-refractivity contribution in [1.29, 1.82) is 0 Å². The molecule has 0 aromatic carbocycles. The average molecular weight is 256 g/mol. The van der Waals surface area contributed by atoms with Crippen LogP contribution in [0.15, 0.2) is 18.5 Å². The summed E-state index contributed by atoms with van der Waals surface area (Å²) in [4.78, 5) is 36.4. The van der Waals surface area contributed by atoms with Gasteiger partial charge < -0.3 is 15.5 Å². The highest BCUT2D eigenvalue weighted by Crippen LogP contribution is 2.38. The summed E-state index contributed by atoms with van der Waals surface area (Å²) in [6.07, 6.45) is 2.20. The van der Waals surface area contributed by atoms with E-state index in [1.165, 1.54) is 22.9 Å². The predicted octanol–water partition coefficient (Wildman–Crippen LogP) is -0.494. The van der Waals surface area contributed by atoms with Gasteiger partial charge in [-0.1, -0.05) is 0 Å². The first kappa shape index (κ1) is 11.7. The van der Waals surface area contributed by atoms with E-state index in [0.29, 0.717) is 5.69 Å². The third kappa shape index (κ3) is 2.50. The zero-order chi connectivity index (χ0) is 12.6. The molecular formula is C8H9N4O4P. The fraction of sp³-hybridized carbons (Fsp3) is 0.125. The van der Waals surface area contributed by atoms with Crippen molar-refractivity contribution in [3.05, 3.63) is 29.8 Å². The van der Waals surface area contributed by atoms with Crippen LogP contribution in [0.5, 0.6) is 0 Å². The number of aromatic nitrogens is 3. The number of nitrogens with two attached hydrogens (primary N) is 1. The van der Waals surface area contributed by atoms with Crippen LogP contribution in [0.2, 0.25) is 0 Å². The second-order valence-corrected chi connectivity index (χ2v) is 5.06. The Morgan fingerprint density at radius 1 is 1.53 bits per heavy atom. The van der Waals surface area contributed by atoms with Gasteiger partial charge in [0.05, 0.1) is 6.16 Å². The maximum Gasteiger partial charge on any atom is 0.331 e. The maximum absolute atomic E-state index is 10.9. The molecular weight excluding hydrogens is 247 g/mol. The lowest BCUT2D eigenvalue weighted by atomic mass is 10.4. The molecule has 0 radical (unpaired) electrons. The van der Waals surface area contributed by atoms with Gasteiger partial charge in [0.15, 0.2) is 0 Å². The van der Waals surface area contributed by atoms with Crippen LogP contribution in [-0.4, -0.2) is 30.1 Å². The zero-order valence-electron chi connectivity index (χ0n) is 8.52. The molecule has 0 unspecified atom stereocenters. The highest BCUT2D eigenvalue weighted by Gasteiger charge is 2.18. The van der Waals surface area contributed by atoms with E-state index >= 15 is 0 Å². The molecule has 2 heterocycles. The first-order valence-electron chi connectivity index (χ1n) is 4.54. The van der Waals surface area contributed by atoms with Crippen molar-refractivity contribution in [2.75, 3.05) is 0 Å². The minimum absolute atomic E-state index is 0.00402. The molecule has 4 N–H and O–H groups in total. The number of amides is 1. The van der Waals surface area contributed by atoms with Gasteiger partial charge in [0.1, 0.15) is 5.69 Å². The van der Waals surface area contributed by atoms with Crippen LogP contribution < -0.4 is 5.73 Å². The van der Waals surface area contributed by atoms with Crippen LogP contribution in [0, 0.1) is 0 Å². The van der Waals surface area contributed by atoms with Gasteiger partial charge in [0, 0.05) is 18.1 Å². The number of imidazole rings is 1. The molecule has 2 rings (SSSR count). The fourth-order valence-corrected chi connectivity index (χ4v) is 2.08. The lowest BCUT2D eigenvalue weighted by Gasteiger charge is -2.05. The second-order valence-electron chi connectivity index (χ2n) is 3.42. The van der Waals surface area contributed by atoms with Gasteiger partial charge in [-0.05, 0) is 6.07 Å². The SMILES string of the molecule is NC(=O)c1cn2c(CP(=O)(O)O)ccnc2n1. The summed E-state index contributed by atoms with van der Waals surface area (Å²) >= 11 is 0. The molecule has 8 nitrogen and oxygen atoms in total. The molecule has 2 aromatic rings. The normalized spacial score (nSPS) is 11.9. The number of primary amides is 1. The van der Waals surface area contributed by atoms with Gasteiger partial charge in [0.2, 0.25) is 5.78 Å². The summed E-state index contributed by atoms with van der Waals surface area (Å²) in [5.74, 6) is -0.553. The lowest BCUT2D eigenvalue weighted by molar-refractivity contribution is 0.0996. The van der Waals surface area contributed by atoms with Crippen molar-refractivity contribution < 1.29 is 19.1 Å². The van der Waals surface area contributed by atoms with E-state index in [0.717, 1.165) is 0 Å². The van der Waals surface area contributed by atoms with E-state index in [4.69, 9.17) is 15.5 Å². The number of hydrogen-bond donors (Lipinski definition) is 3. The second kappa shape index (κ2) is 3.92. The van der Waals surface area contributed by atoms with E-state index in [-0.39, 0.29) is 11.5 Å². The number of carbonyl (C=O) groups excluding carboxylic acids is 1. The van der Waals surface area contributed by atoms with Crippen LogP contribution in [-0.2, 0) is 10.7 Å². The Morgan fingerprint density at radius 3 is 2.82 bits per heavy atom. The topological polar surface area (TPSA) is 131 Å². The van der Waals surface area contributed by atoms with Crippen molar-refractivity contribution in [3.63, 3.8) is 0 Å². The van der Waals surface area contributed by atoms with E-state index in [1.54, 1.807) is 0 Å². The van der Waals surface area contributed by atoms with Crippen molar-refractivity contribution in [1.82, 2.24) is 14.4 Å². The average Bonchev–Trinajstić information content (AvgIpc) is 2.60. The fourth-order valence-electron chi connectivity index (χ4n) is 1.40. The molecule has 0 atom stereocenters. The van der Waals surface area contributed by atoms with Gasteiger partial charge >= 0.3 is 7.60 Å². The summed E-state index contributed by atoms with van der Waals surface area (Å²) in [5.41, 5.74) is 5.36. The minimum atomic E-state index is -4.20. The van der Waals surface area contributed by atoms with Crippen LogP contribution in [0.1, 0.15) is 16.2 Å². The molecule has 0 saturated carbocycles. The molecule has 0 saturated heterocycles. The molecule has 0 aliphatic rings. The Balaban J connectivity index is 2.57. The molecule has 9 heteroatoms. The first-order valence-corrected chi connectivity index (χ1v) is 6.34. The Kier molecular flexibility index (Phi) is 2.70. The van der Waals surface area contributed by atoms with Crippen LogP contribution >= 0.6 is 7.60 Å². The van der Waals surface area contributed by atoms with E-state index in [9.17, 15) is 9.36 Å². The number of carbonyl (C=O) groups is 1. The summed E-state index contributed by atoms with van der Waals surface area (Å²) in [5, 5.41) is 0. The molecule has 2 aromatic heterocycles. The molecule has 0 aliphatic carbocycles. The summed E-state index contributed by atoms with van der Waals surface area (Å²) in [7, 11) is -4.20. The Labute approximate surface area is 95.3 Å². The molecule has 17 heavy (non-hydrogen) atoms. The molecule has 0 aliphatic heterocycles. The van der Waals surface area contributed by atoms with Crippen molar-refractivity contribution >= 4 is 19.3 Å². The van der Waals surface area contributed by atoms with Gasteiger partial charge in [-0.3, -0.25) is 13.8 Å². The van der Waals surface area contributed by atoms with Crippen LogP contribution in [0.4, 0.5) is 0 Å². The number of rotatable bonds is 3. The third-order valence-electron chi connectivity index (χ3n) is 2.07. The smallest absolute Gasteiger partial charge is 0.331 e.